The molecule has 0 atom stereocenters. The second kappa shape index (κ2) is 8.26. The maximum Gasteiger partial charge on any atom is 0.416 e. The zero-order valence-electron chi connectivity index (χ0n) is 15.8. The number of hydrogen-bond donors (Lipinski definition) is 1. The number of benzene rings is 2. The highest BCUT2D eigenvalue weighted by molar-refractivity contribution is 5.91. The molecule has 0 spiro atoms. The van der Waals surface area contributed by atoms with E-state index in [4.69, 9.17) is 4.74 Å². The van der Waals surface area contributed by atoms with Gasteiger partial charge in [0.05, 0.1) is 24.0 Å². The van der Waals surface area contributed by atoms with Gasteiger partial charge >= 0.3 is 12.2 Å². The third-order valence-corrected chi connectivity index (χ3v) is 4.22. The molecule has 152 valence electrons. The molecule has 3 rings (SSSR count). The van der Waals surface area contributed by atoms with Crippen molar-refractivity contribution in [1.29, 1.82) is 0 Å². The number of aromatic nitrogens is 2. The first kappa shape index (κ1) is 20.2. The Morgan fingerprint density at radius 2 is 2.00 bits per heavy atom. The Morgan fingerprint density at radius 3 is 2.66 bits per heavy atom. The number of methoxy groups -OCH3 is 1. The van der Waals surface area contributed by atoms with Gasteiger partial charge in [-0.1, -0.05) is 12.1 Å². The first-order chi connectivity index (χ1) is 13.8. The fraction of sp³-hybridized carbons (Fsp3) is 0.200. The number of halogens is 3. The normalized spacial score (nSPS) is 11.2. The molecule has 0 aliphatic heterocycles. The van der Waals surface area contributed by atoms with Crippen molar-refractivity contribution in [3.63, 3.8) is 0 Å². The van der Waals surface area contributed by atoms with Crippen LogP contribution in [0.4, 0.5) is 23.7 Å². The molecule has 6 nitrogen and oxygen atoms in total. The maximum atomic E-state index is 13.1. The van der Waals surface area contributed by atoms with E-state index in [1.165, 1.54) is 21.8 Å². The summed E-state index contributed by atoms with van der Waals surface area (Å²) >= 11 is 0. The first-order valence-electron chi connectivity index (χ1n) is 8.64. The van der Waals surface area contributed by atoms with Crippen LogP contribution in [-0.4, -0.2) is 34.9 Å². The summed E-state index contributed by atoms with van der Waals surface area (Å²) in [4.78, 5) is 14.0. The predicted molar refractivity (Wildman–Crippen MR) is 102 cm³/mol. The van der Waals surface area contributed by atoms with E-state index < -0.39 is 17.8 Å². The Bertz CT molecular complexity index is 988. The summed E-state index contributed by atoms with van der Waals surface area (Å²) in [5.74, 6) is 0.648. The molecule has 0 bridgehead atoms. The van der Waals surface area contributed by atoms with Crippen molar-refractivity contribution in [2.75, 3.05) is 19.5 Å². The summed E-state index contributed by atoms with van der Waals surface area (Å²) in [5.41, 5.74) is 0.287. The highest BCUT2D eigenvalue weighted by Gasteiger charge is 2.31. The van der Waals surface area contributed by atoms with Crippen LogP contribution in [0.15, 0.2) is 60.9 Å². The first-order valence-corrected chi connectivity index (χ1v) is 8.64. The number of nitrogens with one attached hydrogen (secondary N) is 1. The summed E-state index contributed by atoms with van der Waals surface area (Å²) in [5, 5.41) is 6.59. The smallest absolute Gasteiger partial charge is 0.416 e. The van der Waals surface area contributed by atoms with Crippen molar-refractivity contribution in [2.24, 2.45) is 0 Å². The molecule has 0 unspecified atom stereocenters. The summed E-state index contributed by atoms with van der Waals surface area (Å²) < 4.78 is 46.0. The van der Waals surface area contributed by atoms with Gasteiger partial charge in [0.25, 0.3) is 0 Å². The van der Waals surface area contributed by atoms with Crippen LogP contribution in [0.3, 0.4) is 0 Å². The predicted octanol–water partition coefficient (Wildman–Crippen LogP) is 4.56. The van der Waals surface area contributed by atoms with Crippen LogP contribution in [-0.2, 0) is 12.7 Å². The number of rotatable bonds is 5. The SMILES string of the molecule is COc1cccc(CN(C)C(=O)Nc2cc(C(F)(F)F)ccc2-n2cccn2)c1. The Labute approximate surface area is 165 Å². The van der Waals surface area contributed by atoms with Gasteiger partial charge in [0.1, 0.15) is 5.75 Å². The largest absolute Gasteiger partial charge is 0.497 e. The highest BCUT2D eigenvalue weighted by atomic mass is 19.4. The zero-order valence-corrected chi connectivity index (χ0v) is 15.8. The molecule has 1 N–H and O–H groups in total. The minimum atomic E-state index is -4.53. The van der Waals surface area contributed by atoms with Crippen LogP contribution in [0.5, 0.6) is 5.75 Å². The molecule has 1 aromatic heterocycles. The lowest BCUT2D eigenvalue weighted by Crippen LogP contribution is -2.31. The number of carbonyl (C=O) groups excluding carboxylic acids is 1. The van der Waals surface area contributed by atoms with E-state index in [9.17, 15) is 18.0 Å². The molecule has 0 fully saturated rings. The van der Waals surface area contributed by atoms with E-state index in [2.05, 4.69) is 10.4 Å². The number of alkyl halides is 3. The van der Waals surface area contributed by atoms with Crippen molar-refractivity contribution in [3.8, 4) is 11.4 Å². The fourth-order valence-electron chi connectivity index (χ4n) is 2.75. The van der Waals surface area contributed by atoms with Gasteiger partial charge in [0.15, 0.2) is 0 Å². The number of nitrogens with zero attached hydrogens (tertiary/aromatic N) is 3. The summed E-state index contributed by atoms with van der Waals surface area (Å²) in [6.45, 7) is 0.249. The van der Waals surface area contributed by atoms with Crippen LogP contribution in [0.2, 0.25) is 0 Å². The summed E-state index contributed by atoms with van der Waals surface area (Å²) in [7, 11) is 3.09. The third-order valence-electron chi connectivity index (χ3n) is 4.22. The molecule has 1 heterocycles. The second-order valence-corrected chi connectivity index (χ2v) is 6.32. The van der Waals surface area contributed by atoms with Gasteiger partial charge < -0.3 is 15.0 Å². The lowest BCUT2D eigenvalue weighted by Gasteiger charge is -2.20. The number of carbonyl (C=O) groups is 1. The van der Waals surface area contributed by atoms with Crippen LogP contribution in [0.1, 0.15) is 11.1 Å². The van der Waals surface area contributed by atoms with E-state index in [1.807, 2.05) is 6.07 Å². The maximum absolute atomic E-state index is 13.1. The molecular weight excluding hydrogens is 385 g/mol. The minimum Gasteiger partial charge on any atom is -0.497 e. The van der Waals surface area contributed by atoms with E-state index >= 15 is 0 Å². The van der Waals surface area contributed by atoms with Gasteiger partial charge in [-0.05, 0) is 42.0 Å². The number of urea groups is 1. The number of ether oxygens (including phenoxy) is 1. The average molecular weight is 404 g/mol. The van der Waals surface area contributed by atoms with Crippen molar-refractivity contribution in [3.05, 3.63) is 72.1 Å². The Kier molecular flexibility index (Phi) is 5.76. The van der Waals surface area contributed by atoms with Crippen LogP contribution in [0.25, 0.3) is 5.69 Å². The lowest BCUT2D eigenvalue weighted by atomic mass is 10.1. The molecule has 0 aliphatic rings. The van der Waals surface area contributed by atoms with Crippen molar-refractivity contribution in [1.82, 2.24) is 14.7 Å². The Hall–Kier alpha value is -3.49. The minimum absolute atomic E-state index is 0.00557. The summed E-state index contributed by atoms with van der Waals surface area (Å²) in [6, 6.07) is 11.4. The second-order valence-electron chi connectivity index (χ2n) is 6.32. The van der Waals surface area contributed by atoms with Crippen LogP contribution < -0.4 is 10.1 Å². The molecule has 9 heteroatoms. The average Bonchev–Trinajstić information content (AvgIpc) is 3.22. The van der Waals surface area contributed by atoms with E-state index in [-0.39, 0.29) is 12.2 Å². The van der Waals surface area contributed by atoms with Gasteiger partial charge in [-0.25, -0.2) is 9.48 Å². The molecule has 0 saturated heterocycles. The molecule has 0 aliphatic carbocycles. The van der Waals surface area contributed by atoms with Crippen molar-refractivity contribution < 1.29 is 22.7 Å². The number of anilines is 1. The molecule has 2 amide bonds. The lowest BCUT2D eigenvalue weighted by molar-refractivity contribution is -0.137. The van der Waals surface area contributed by atoms with Crippen LogP contribution in [0, 0.1) is 0 Å². The fourth-order valence-corrected chi connectivity index (χ4v) is 2.75. The molecule has 2 aromatic carbocycles. The van der Waals surface area contributed by atoms with Gasteiger partial charge in [-0.2, -0.15) is 18.3 Å². The Balaban J connectivity index is 1.84. The summed E-state index contributed by atoms with van der Waals surface area (Å²) in [6.07, 6.45) is -1.45. The monoisotopic (exact) mass is 404 g/mol. The van der Waals surface area contributed by atoms with Crippen molar-refractivity contribution in [2.45, 2.75) is 12.7 Å². The Morgan fingerprint density at radius 1 is 1.21 bits per heavy atom. The number of hydrogen-bond acceptors (Lipinski definition) is 3. The molecule has 29 heavy (non-hydrogen) atoms. The van der Waals surface area contributed by atoms with E-state index in [0.717, 1.165) is 17.7 Å². The molecule has 0 radical (unpaired) electrons. The van der Waals surface area contributed by atoms with Gasteiger partial charge in [-0.15, -0.1) is 0 Å². The molecule has 3 aromatic rings. The van der Waals surface area contributed by atoms with E-state index in [0.29, 0.717) is 11.4 Å². The van der Waals surface area contributed by atoms with E-state index in [1.54, 1.807) is 44.6 Å². The van der Waals surface area contributed by atoms with Gasteiger partial charge in [0.2, 0.25) is 0 Å². The zero-order chi connectivity index (χ0) is 21.0. The molecular formula is C20H19F3N4O2. The third kappa shape index (κ3) is 4.87. The van der Waals surface area contributed by atoms with Gasteiger partial charge in [0, 0.05) is 26.0 Å². The van der Waals surface area contributed by atoms with Crippen molar-refractivity contribution >= 4 is 11.7 Å². The topological polar surface area (TPSA) is 59.4 Å². The number of amides is 2. The quantitative estimate of drug-likeness (QED) is 0.678. The van der Waals surface area contributed by atoms with Gasteiger partial charge in [-0.3, -0.25) is 0 Å². The van der Waals surface area contributed by atoms with Crippen LogP contribution >= 0.6 is 0 Å². The highest BCUT2D eigenvalue weighted by Crippen LogP contribution is 2.33. The molecule has 0 saturated carbocycles. The standard InChI is InChI=1S/C20H19F3N4O2/c1-26(13-14-5-3-6-16(11-14)29-2)19(28)25-17-12-15(20(21,22)23)7-8-18(17)27-10-4-9-24-27/h3-12H,13H2,1-2H3,(H,25,28).